The Morgan fingerprint density at radius 1 is 1.13 bits per heavy atom. The molecule has 2 aromatic heterocycles. The Balaban J connectivity index is 1.11. The number of anilines is 2. The van der Waals surface area contributed by atoms with E-state index < -0.39 is 5.82 Å². The molecule has 5 heterocycles. The number of nitrogens with zero attached hydrogens (tertiary/aromatic N) is 5. The number of benzene rings is 1. The van der Waals surface area contributed by atoms with E-state index in [4.69, 9.17) is 14.0 Å². The first-order chi connectivity index (χ1) is 18.4. The van der Waals surface area contributed by atoms with Crippen molar-refractivity contribution in [1.82, 2.24) is 20.0 Å². The lowest BCUT2D eigenvalue weighted by Gasteiger charge is -2.37. The van der Waals surface area contributed by atoms with Gasteiger partial charge in [-0.15, -0.1) is 0 Å². The number of urea groups is 1. The van der Waals surface area contributed by atoms with Gasteiger partial charge in [0, 0.05) is 62.5 Å². The average Bonchev–Trinajstić information content (AvgIpc) is 3.56. The van der Waals surface area contributed by atoms with Gasteiger partial charge in [-0.2, -0.15) is 4.98 Å². The van der Waals surface area contributed by atoms with E-state index in [0.29, 0.717) is 49.4 Å². The number of ether oxygens (including phenoxy) is 2. The lowest BCUT2D eigenvalue weighted by molar-refractivity contribution is 0.0564. The third-order valence-corrected chi connectivity index (χ3v) is 7.48. The third-order valence-electron chi connectivity index (χ3n) is 7.48. The zero-order valence-electron chi connectivity index (χ0n) is 21.6. The third kappa shape index (κ3) is 4.78. The number of rotatable bonds is 4. The molecule has 10 nitrogen and oxygen atoms in total. The molecule has 0 unspecified atom stereocenters. The van der Waals surface area contributed by atoms with Gasteiger partial charge in [-0.25, -0.2) is 9.18 Å². The predicted octanol–water partition coefficient (Wildman–Crippen LogP) is 4.23. The minimum absolute atomic E-state index is 0.141. The Morgan fingerprint density at radius 3 is 2.63 bits per heavy atom. The second kappa shape index (κ2) is 9.86. The SMILES string of the molecule is CC(C)c1noc(N2CCC3(CC2)Cc2cc(-c4ccc(NC(=O)N5CCOCC5)c(F)c4)ncc2O3)n1. The van der Waals surface area contributed by atoms with Crippen LogP contribution in [0.4, 0.5) is 20.9 Å². The number of pyridine rings is 1. The number of piperidine rings is 1. The smallest absolute Gasteiger partial charge is 0.324 e. The first kappa shape index (κ1) is 24.6. The molecule has 3 aromatic rings. The highest BCUT2D eigenvalue weighted by molar-refractivity contribution is 5.89. The number of nitrogens with one attached hydrogen (secondary N) is 1. The molecule has 11 heteroatoms. The summed E-state index contributed by atoms with van der Waals surface area (Å²) in [5.74, 6) is 1.20. The van der Waals surface area contributed by atoms with Crippen LogP contribution in [-0.4, -0.2) is 71.0 Å². The molecule has 0 aliphatic carbocycles. The fourth-order valence-corrected chi connectivity index (χ4v) is 5.20. The molecule has 2 fully saturated rings. The van der Waals surface area contributed by atoms with Gasteiger partial charge in [0.05, 0.1) is 30.8 Å². The van der Waals surface area contributed by atoms with Crippen LogP contribution in [0.2, 0.25) is 0 Å². The van der Waals surface area contributed by atoms with Gasteiger partial charge in [-0.3, -0.25) is 4.98 Å². The quantitative estimate of drug-likeness (QED) is 0.543. The molecular formula is C27H31FN6O4. The molecule has 2 amide bonds. The van der Waals surface area contributed by atoms with Crippen molar-refractivity contribution in [2.75, 3.05) is 49.6 Å². The summed E-state index contributed by atoms with van der Waals surface area (Å²) in [6.45, 7) is 7.55. The summed E-state index contributed by atoms with van der Waals surface area (Å²) in [4.78, 5) is 25.2. The minimum atomic E-state index is -0.506. The lowest BCUT2D eigenvalue weighted by atomic mass is 9.87. The fourth-order valence-electron chi connectivity index (χ4n) is 5.20. The number of carbonyl (C=O) groups excluding carboxylic acids is 1. The van der Waals surface area contributed by atoms with Gasteiger partial charge in [0.15, 0.2) is 5.82 Å². The van der Waals surface area contributed by atoms with Crippen LogP contribution < -0.4 is 15.0 Å². The van der Waals surface area contributed by atoms with Gasteiger partial charge in [0.1, 0.15) is 17.2 Å². The second-order valence-electron chi connectivity index (χ2n) is 10.4. The molecule has 0 radical (unpaired) electrons. The standard InChI is InChI=1S/C27H31FN6O4/c1-17(2)24-31-26(38-32-24)34-7-5-27(6-8-34)15-19-14-22(29-16-23(19)37-27)18-3-4-21(20(28)13-18)30-25(35)33-9-11-36-12-10-33/h3-4,13-14,16-17H,5-12,15H2,1-2H3,(H,30,35). The molecule has 38 heavy (non-hydrogen) atoms. The Hall–Kier alpha value is -3.73. The van der Waals surface area contributed by atoms with Crippen molar-refractivity contribution in [2.45, 2.75) is 44.6 Å². The molecule has 1 N–H and O–H groups in total. The number of aromatic nitrogens is 3. The van der Waals surface area contributed by atoms with Crippen molar-refractivity contribution in [3.63, 3.8) is 0 Å². The normalized spacial score (nSPS) is 18.5. The van der Waals surface area contributed by atoms with Crippen LogP contribution in [0.25, 0.3) is 11.3 Å². The highest BCUT2D eigenvalue weighted by Crippen LogP contribution is 2.42. The Bertz CT molecular complexity index is 1330. The van der Waals surface area contributed by atoms with Gasteiger partial charge < -0.3 is 29.1 Å². The predicted molar refractivity (Wildman–Crippen MR) is 138 cm³/mol. The summed E-state index contributed by atoms with van der Waals surface area (Å²) in [5.41, 5.74) is 2.22. The van der Waals surface area contributed by atoms with E-state index in [-0.39, 0.29) is 23.2 Å². The van der Waals surface area contributed by atoms with Crippen LogP contribution in [0, 0.1) is 5.82 Å². The van der Waals surface area contributed by atoms with Crippen LogP contribution in [0.15, 0.2) is 35.0 Å². The minimum Gasteiger partial charge on any atom is -0.485 e. The first-order valence-corrected chi connectivity index (χ1v) is 13.1. The number of carbonyl (C=O) groups is 1. The Kier molecular flexibility index (Phi) is 6.38. The highest BCUT2D eigenvalue weighted by atomic mass is 19.1. The van der Waals surface area contributed by atoms with Crippen molar-refractivity contribution >= 4 is 17.7 Å². The zero-order valence-corrected chi connectivity index (χ0v) is 21.6. The number of hydrogen-bond acceptors (Lipinski definition) is 8. The molecular weight excluding hydrogens is 491 g/mol. The van der Waals surface area contributed by atoms with Gasteiger partial charge in [-0.05, 0) is 18.2 Å². The fraction of sp³-hybridized carbons (Fsp3) is 0.481. The molecule has 6 rings (SSSR count). The zero-order chi connectivity index (χ0) is 26.3. The Labute approximate surface area is 220 Å². The van der Waals surface area contributed by atoms with E-state index in [1.54, 1.807) is 23.2 Å². The number of morpholine rings is 1. The molecule has 1 aromatic carbocycles. The van der Waals surface area contributed by atoms with E-state index in [1.165, 1.54) is 6.07 Å². The molecule has 2 saturated heterocycles. The number of halogens is 1. The van der Waals surface area contributed by atoms with Gasteiger partial charge in [-0.1, -0.05) is 25.1 Å². The molecule has 1 spiro atoms. The van der Waals surface area contributed by atoms with E-state index in [9.17, 15) is 9.18 Å². The summed E-state index contributed by atoms with van der Waals surface area (Å²) in [5, 5.41) is 6.73. The van der Waals surface area contributed by atoms with Crippen LogP contribution >= 0.6 is 0 Å². The lowest BCUT2D eigenvalue weighted by Crippen LogP contribution is -2.47. The summed E-state index contributed by atoms with van der Waals surface area (Å²) in [7, 11) is 0. The van der Waals surface area contributed by atoms with E-state index in [0.717, 1.165) is 43.7 Å². The summed E-state index contributed by atoms with van der Waals surface area (Å²) >= 11 is 0. The van der Waals surface area contributed by atoms with Crippen molar-refractivity contribution in [3.05, 3.63) is 47.7 Å². The molecule has 200 valence electrons. The van der Waals surface area contributed by atoms with Crippen LogP contribution in [-0.2, 0) is 11.2 Å². The molecule has 3 aliphatic rings. The second-order valence-corrected chi connectivity index (χ2v) is 10.4. The maximum Gasteiger partial charge on any atom is 0.324 e. The van der Waals surface area contributed by atoms with Crippen LogP contribution in [0.3, 0.4) is 0 Å². The van der Waals surface area contributed by atoms with Gasteiger partial charge in [0.2, 0.25) is 0 Å². The topological polar surface area (TPSA) is 106 Å². The highest BCUT2D eigenvalue weighted by Gasteiger charge is 2.43. The Morgan fingerprint density at radius 2 is 1.92 bits per heavy atom. The van der Waals surface area contributed by atoms with Crippen molar-refractivity contribution in [1.29, 1.82) is 0 Å². The molecule has 0 bridgehead atoms. The van der Waals surface area contributed by atoms with Crippen LogP contribution in [0.5, 0.6) is 5.75 Å². The number of hydrogen-bond donors (Lipinski definition) is 1. The number of fused-ring (bicyclic) bond motifs is 1. The van der Waals surface area contributed by atoms with Gasteiger partial charge >= 0.3 is 12.0 Å². The van der Waals surface area contributed by atoms with E-state index in [1.807, 2.05) is 19.9 Å². The van der Waals surface area contributed by atoms with E-state index in [2.05, 4.69) is 25.3 Å². The maximum absolute atomic E-state index is 14.9. The summed E-state index contributed by atoms with van der Waals surface area (Å²) < 4.78 is 32.1. The molecule has 3 aliphatic heterocycles. The summed E-state index contributed by atoms with van der Waals surface area (Å²) in [6.07, 6.45) is 4.14. The largest absolute Gasteiger partial charge is 0.485 e. The van der Waals surface area contributed by atoms with E-state index >= 15 is 0 Å². The summed E-state index contributed by atoms with van der Waals surface area (Å²) in [6, 6.07) is 6.96. The molecule has 0 atom stereocenters. The van der Waals surface area contributed by atoms with Crippen molar-refractivity contribution < 1.29 is 23.2 Å². The molecule has 0 saturated carbocycles. The van der Waals surface area contributed by atoms with Crippen LogP contribution in [0.1, 0.15) is 44.0 Å². The number of amides is 2. The van der Waals surface area contributed by atoms with Crippen molar-refractivity contribution in [3.8, 4) is 17.0 Å². The van der Waals surface area contributed by atoms with Crippen molar-refractivity contribution in [2.24, 2.45) is 0 Å². The first-order valence-electron chi connectivity index (χ1n) is 13.1. The van der Waals surface area contributed by atoms with Gasteiger partial charge in [0.25, 0.3) is 0 Å². The monoisotopic (exact) mass is 522 g/mol. The maximum atomic E-state index is 14.9. The average molecular weight is 523 g/mol.